The standard InChI is InChI=1S/C11H7N3O3S2/c1-5-10-6(4-9(18)19-10)13-11(12-5)7-2-3-8(17-7)14(15)16/h2-4,18H,1H3. The van der Waals surface area contributed by atoms with Crippen molar-refractivity contribution in [3.8, 4) is 11.6 Å². The van der Waals surface area contributed by atoms with Gasteiger partial charge in [0.15, 0.2) is 11.6 Å². The third-order valence-electron chi connectivity index (χ3n) is 2.52. The Bertz CT molecular complexity index is 794. The maximum absolute atomic E-state index is 10.6. The van der Waals surface area contributed by atoms with E-state index >= 15 is 0 Å². The van der Waals surface area contributed by atoms with E-state index in [1.165, 1.54) is 23.5 Å². The molecule has 0 spiro atoms. The Balaban J connectivity index is 2.16. The van der Waals surface area contributed by atoms with Crippen LogP contribution in [0.5, 0.6) is 0 Å². The third kappa shape index (κ3) is 2.08. The first-order valence-electron chi connectivity index (χ1n) is 5.26. The summed E-state index contributed by atoms with van der Waals surface area (Å²) in [5.74, 6) is 0.296. The van der Waals surface area contributed by atoms with E-state index in [1.54, 1.807) is 0 Å². The van der Waals surface area contributed by atoms with Crippen molar-refractivity contribution in [1.82, 2.24) is 9.97 Å². The van der Waals surface area contributed by atoms with Crippen LogP contribution in [0.1, 0.15) is 5.69 Å². The lowest BCUT2D eigenvalue weighted by atomic mass is 10.3. The quantitative estimate of drug-likeness (QED) is 0.444. The van der Waals surface area contributed by atoms with Crippen LogP contribution < -0.4 is 0 Å². The first kappa shape index (κ1) is 12.1. The maximum Gasteiger partial charge on any atom is 0.433 e. The minimum Gasteiger partial charge on any atom is -0.397 e. The molecular formula is C11H7N3O3S2. The van der Waals surface area contributed by atoms with E-state index < -0.39 is 4.92 Å². The first-order valence-corrected chi connectivity index (χ1v) is 6.53. The Morgan fingerprint density at radius 3 is 2.89 bits per heavy atom. The van der Waals surface area contributed by atoms with E-state index in [2.05, 4.69) is 22.6 Å². The van der Waals surface area contributed by atoms with Crippen molar-refractivity contribution in [1.29, 1.82) is 0 Å². The van der Waals surface area contributed by atoms with Crippen LogP contribution in [-0.4, -0.2) is 14.9 Å². The molecule has 3 aromatic heterocycles. The molecule has 0 radical (unpaired) electrons. The normalized spacial score (nSPS) is 11.1. The number of thiol groups is 1. The Labute approximate surface area is 116 Å². The number of nitro groups is 1. The maximum atomic E-state index is 10.6. The minimum absolute atomic E-state index is 0.281. The van der Waals surface area contributed by atoms with Gasteiger partial charge in [-0.25, -0.2) is 9.97 Å². The SMILES string of the molecule is Cc1nc(-c2ccc([N+](=O)[O-])o2)nc2cc(S)sc12. The van der Waals surface area contributed by atoms with Crippen LogP contribution in [-0.2, 0) is 0 Å². The molecule has 3 rings (SSSR count). The number of hydrogen-bond donors (Lipinski definition) is 1. The highest BCUT2D eigenvalue weighted by Gasteiger charge is 2.16. The number of fused-ring (bicyclic) bond motifs is 1. The number of hydrogen-bond acceptors (Lipinski definition) is 7. The summed E-state index contributed by atoms with van der Waals surface area (Å²) in [4.78, 5) is 18.6. The van der Waals surface area contributed by atoms with E-state index in [4.69, 9.17) is 4.42 Å². The first-order chi connectivity index (χ1) is 9.04. The van der Waals surface area contributed by atoms with Crippen molar-refractivity contribution in [2.75, 3.05) is 0 Å². The highest BCUT2D eigenvalue weighted by Crippen LogP contribution is 2.31. The van der Waals surface area contributed by atoms with Crippen molar-refractivity contribution in [2.24, 2.45) is 0 Å². The van der Waals surface area contributed by atoms with Crippen molar-refractivity contribution in [3.63, 3.8) is 0 Å². The molecule has 0 saturated carbocycles. The van der Waals surface area contributed by atoms with Gasteiger partial charge in [-0.05, 0) is 19.1 Å². The van der Waals surface area contributed by atoms with Gasteiger partial charge < -0.3 is 4.42 Å². The molecule has 0 aromatic carbocycles. The lowest BCUT2D eigenvalue weighted by Crippen LogP contribution is -1.90. The smallest absolute Gasteiger partial charge is 0.397 e. The van der Waals surface area contributed by atoms with E-state index in [9.17, 15) is 10.1 Å². The van der Waals surface area contributed by atoms with Crippen LogP contribution in [0.4, 0.5) is 5.88 Å². The predicted octanol–water partition coefficient (Wildman–Crippen LogP) is 3.46. The molecule has 0 bridgehead atoms. The van der Waals surface area contributed by atoms with E-state index in [0.29, 0.717) is 5.82 Å². The number of thiophene rings is 1. The number of furan rings is 1. The van der Waals surface area contributed by atoms with Gasteiger partial charge in [0.25, 0.3) is 0 Å². The van der Waals surface area contributed by atoms with E-state index in [0.717, 1.165) is 20.1 Å². The van der Waals surface area contributed by atoms with Gasteiger partial charge in [-0.15, -0.1) is 24.0 Å². The molecule has 0 fully saturated rings. The summed E-state index contributed by atoms with van der Waals surface area (Å²) in [6.07, 6.45) is 0. The van der Waals surface area contributed by atoms with Gasteiger partial charge in [0, 0.05) is 0 Å². The largest absolute Gasteiger partial charge is 0.433 e. The summed E-state index contributed by atoms with van der Waals surface area (Å²) in [5.41, 5.74) is 1.56. The van der Waals surface area contributed by atoms with Crippen LogP contribution in [0.15, 0.2) is 26.8 Å². The fourth-order valence-corrected chi connectivity index (χ4v) is 2.89. The highest BCUT2D eigenvalue weighted by atomic mass is 32.2. The molecule has 3 heterocycles. The number of rotatable bonds is 2. The number of nitrogens with zero attached hydrogens (tertiary/aromatic N) is 3. The summed E-state index contributed by atoms with van der Waals surface area (Å²) >= 11 is 5.77. The topological polar surface area (TPSA) is 82.1 Å². The molecule has 96 valence electrons. The molecule has 0 atom stereocenters. The fraction of sp³-hybridized carbons (Fsp3) is 0.0909. The minimum atomic E-state index is -0.592. The molecule has 0 amide bonds. The van der Waals surface area contributed by atoms with Crippen LogP contribution >= 0.6 is 24.0 Å². The van der Waals surface area contributed by atoms with Crippen LogP contribution in [0.3, 0.4) is 0 Å². The van der Waals surface area contributed by atoms with Crippen molar-refractivity contribution in [2.45, 2.75) is 11.1 Å². The zero-order valence-corrected chi connectivity index (χ0v) is 11.4. The summed E-state index contributed by atoms with van der Waals surface area (Å²) < 4.78 is 6.90. The second kappa shape index (κ2) is 4.32. The molecule has 0 unspecified atom stereocenters. The zero-order valence-electron chi connectivity index (χ0n) is 9.65. The Hall–Kier alpha value is -1.93. The average molecular weight is 293 g/mol. The Kier molecular flexibility index (Phi) is 2.76. The third-order valence-corrected chi connectivity index (χ3v) is 3.96. The van der Waals surface area contributed by atoms with Crippen molar-refractivity contribution in [3.05, 3.63) is 34.0 Å². The van der Waals surface area contributed by atoms with Gasteiger partial charge >= 0.3 is 5.88 Å². The van der Waals surface area contributed by atoms with Gasteiger partial charge in [0.1, 0.15) is 4.92 Å². The molecule has 0 N–H and O–H groups in total. The van der Waals surface area contributed by atoms with E-state index in [1.807, 2.05) is 13.0 Å². The van der Waals surface area contributed by atoms with Crippen LogP contribution in [0, 0.1) is 17.0 Å². The van der Waals surface area contributed by atoms with Gasteiger partial charge in [-0.1, -0.05) is 0 Å². The van der Waals surface area contributed by atoms with Gasteiger partial charge in [0.2, 0.25) is 0 Å². The van der Waals surface area contributed by atoms with Gasteiger partial charge in [-0.2, -0.15) is 0 Å². The molecule has 0 aliphatic carbocycles. The molecule has 6 nitrogen and oxygen atoms in total. The van der Waals surface area contributed by atoms with Gasteiger partial charge in [-0.3, -0.25) is 10.1 Å². The van der Waals surface area contributed by atoms with E-state index in [-0.39, 0.29) is 11.6 Å². The number of aryl methyl sites for hydroxylation is 1. The van der Waals surface area contributed by atoms with Crippen LogP contribution in [0.25, 0.3) is 21.8 Å². The van der Waals surface area contributed by atoms with Crippen molar-refractivity contribution < 1.29 is 9.34 Å². The monoisotopic (exact) mass is 293 g/mol. The highest BCUT2D eigenvalue weighted by molar-refractivity contribution is 7.83. The van der Waals surface area contributed by atoms with Gasteiger partial charge in [0.05, 0.1) is 26.2 Å². The average Bonchev–Trinajstić information content (AvgIpc) is 2.94. The zero-order chi connectivity index (χ0) is 13.6. The Morgan fingerprint density at radius 2 is 2.21 bits per heavy atom. The fourth-order valence-electron chi connectivity index (χ4n) is 1.72. The molecule has 3 aromatic rings. The Morgan fingerprint density at radius 1 is 1.42 bits per heavy atom. The molecular weight excluding hydrogens is 286 g/mol. The second-order valence-electron chi connectivity index (χ2n) is 3.83. The molecule has 8 heteroatoms. The lowest BCUT2D eigenvalue weighted by molar-refractivity contribution is -0.401. The van der Waals surface area contributed by atoms with Crippen molar-refractivity contribution >= 4 is 40.1 Å². The molecule has 0 aliphatic rings. The summed E-state index contributed by atoms with van der Waals surface area (Å²) in [5, 5.41) is 10.6. The van der Waals surface area contributed by atoms with Crippen LogP contribution in [0.2, 0.25) is 0 Å². The summed E-state index contributed by atoms with van der Waals surface area (Å²) in [6, 6.07) is 4.61. The molecule has 0 saturated heterocycles. The summed E-state index contributed by atoms with van der Waals surface area (Å²) in [7, 11) is 0. The second-order valence-corrected chi connectivity index (χ2v) is 5.66. The number of aromatic nitrogens is 2. The molecule has 19 heavy (non-hydrogen) atoms. The lowest BCUT2D eigenvalue weighted by Gasteiger charge is -1.98. The predicted molar refractivity (Wildman–Crippen MR) is 73.8 cm³/mol. The summed E-state index contributed by atoms with van der Waals surface area (Å²) in [6.45, 7) is 1.86. The molecule has 0 aliphatic heterocycles.